The first kappa shape index (κ1) is 15.4. The first-order chi connectivity index (χ1) is 10.2. The third-order valence-corrected chi connectivity index (χ3v) is 3.28. The molecule has 3 nitrogen and oxygen atoms in total. The van der Waals surface area contributed by atoms with E-state index in [0.717, 1.165) is 24.3 Å². The maximum atomic E-state index is 5.89. The van der Waals surface area contributed by atoms with Crippen molar-refractivity contribution in [1.29, 1.82) is 0 Å². The molecule has 1 atom stereocenters. The van der Waals surface area contributed by atoms with Gasteiger partial charge in [0.25, 0.3) is 0 Å². The summed E-state index contributed by atoms with van der Waals surface area (Å²) in [5.41, 5.74) is 8.28. The van der Waals surface area contributed by atoms with Gasteiger partial charge in [0.2, 0.25) is 0 Å². The van der Waals surface area contributed by atoms with E-state index >= 15 is 0 Å². The fourth-order valence-corrected chi connectivity index (χ4v) is 2.26. The largest absolute Gasteiger partial charge is 0.493 e. The Labute approximate surface area is 126 Å². The van der Waals surface area contributed by atoms with E-state index in [1.54, 1.807) is 7.11 Å². The molecule has 2 N–H and O–H groups in total. The molecule has 0 bridgehead atoms. The molecule has 2 aromatic rings. The van der Waals surface area contributed by atoms with Crippen molar-refractivity contribution in [2.24, 2.45) is 5.73 Å². The Morgan fingerprint density at radius 1 is 1.00 bits per heavy atom. The highest BCUT2D eigenvalue weighted by atomic mass is 16.5. The van der Waals surface area contributed by atoms with Crippen LogP contribution in [0, 0.1) is 0 Å². The van der Waals surface area contributed by atoms with Gasteiger partial charge in [0.05, 0.1) is 13.7 Å². The van der Waals surface area contributed by atoms with Gasteiger partial charge in [-0.25, -0.2) is 0 Å². The summed E-state index contributed by atoms with van der Waals surface area (Å²) in [4.78, 5) is 0. The Hall–Kier alpha value is -2.00. The predicted molar refractivity (Wildman–Crippen MR) is 86.0 cm³/mol. The van der Waals surface area contributed by atoms with Crippen molar-refractivity contribution in [1.82, 2.24) is 0 Å². The van der Waals surface area contributed by atoms with Crippen molar-refractivity contribution < 1.29 is 9.47 Å². The topological polar surface area (TPSA) is 44.5 Å². The first-order valence-corrected chi connectivity index (χ1v) is 7.28. The number of rotatable bonds is 7. The van der Waals surface area contributed by atoms with E-state index in [2.05, 4.69) is 12.1 Å². The van der Waals surface area contributed by atoms with Crippen molar-refractivity contribution in [3.05, 3.63) is 59.7 Å². The molecule has 0 fully saturated rings. The van der Waals surface area contributed by atoms with Gasteiger partial charge in [-0.15, -0.1) is 0 Å². The second-order valence-corrected chi connectivity index (χ2v) is 5.25. The van der Waals surface area contributed by atoms with Crippen molar-refractivity contribution >= 4 is 0 Å². The lowest BCUT2D eigenvalue weighted by atomic mass is 10.1. The molecule has 0 radical (unpaired) electrons. The zero-order chi connectivity index (χ0) is 15.1. The lowest BCUT2D eigenvalue weighted by Crippen LogP contribution is -2.17. The minimum Gasteiger partial charge on any atom is -0.493 e. The quantitative estimate of drug-likeness (QED) is 0.849. The molecule has 0 heterocycles. The van der Waals surface area contributed by atoms with E-state index in [0.29, 0.717) is 6.61 Å². The highest BCUT2D eigenvalue weighted by Gasteiger charge is 2.07. The molecule has 0 saturated carbocycles. The molecular formula is C18H23NO2. The first-order valence-electron chi connectivity index (χ1n) is 7.28. The van der Waals surface area contributed by atoms with Gasteiger partial charge in [0.15, 0.2) is 11.5 Å². The molecule has 3 heteroatoms. The summed E-state index contributed by atoms with van der Waals surface area (Å²) in [6, 6.07) is 16.4. The number of ether oxygens (including phenoxy) is 2. The average Bonchev–Trinajstić information content (AvgIpc) is 2.48. The molecule has 112 valence electrons. The maximum Gasteiger partial charge on any atom is 0.161 e. The molecule has 0 aliphatic heterocycles. The van der Waals surface area contributed by atoms with Crippen molar-refractivity contribution in [2.75, 3.05) is 13.7 Å². The Kier molecular flexibility index (Phi) is 5.64. The molecule has 0 aliphatic rings. The molecular weight excluding hydrogens is 262 g/mol. The molecule has 21 heavy (non-hydrogen) atoms. The van der Waals surface area contributed by atoms with E-state index in [4.69, 9.17) is 15.2 Å². The fraction of sp³-hybridized carbons (Fsp3) is 0.333. The van der Waals surface area contributed by atoms with Crippen LogP contribution < -0.4 is 15.2 Å². The Morgan fingerprint density at radius 3 is 2.43 bits per heavy atom. The van der Waals surface area contributed by atoms with Gasteiger partial charge < -0.3 is 15.2 Å². The van der Waals surface area contributed by atoms with Crippen LogP contribution >= 0.6 is 0 Å². The molecule has 0 saturated heterocycles. The van der Waals surface area contributed by atoms with Crippen molar-refractivity contribution in [3.8, 4) is 11.5 Å². The molecule has 2 aromatic carbocycles. The average molecular weight is 285 g/mol. The van der Waals surface area contributed by atoms with Crippen LogP contribution in [0.5, 0.6) is 11.5 Å². The normalized spacial score (nSPS) is 12.0. The van der Waals surface area contributed by atoms with Crippen molar-refractivity contribution in [2.45, 2.75) is 25.8 Å². The van der Waals surface area contributed by atoms with E-state index in [1.165, 1.54) is 11.1 Å². The van der Waals surface area contributed by atoms with Gasteiger partial charge in [0.1, 0.15) is 0 Å². The standard InChI is InChI=1S/C18H23NO2/c1-14(19)12-16-8-9-17(20-2)18(13-16)21-11-10-15-6-4-3-5-7-15/h3-9,13-14H,10-12,19H2,1-2H3/t14-/m1/s1. The number of hydrogen-bond donors (Lipinski definition) is 1. The third-order valence-electron chi connectivity index (χ3n) is 3.28. The Morgan fingerprint density at radius 2 is 1.76 bits per heavy atom. The molecule has 0 aromatic heterocycles. The van der Waals surface area contributed by atoms with Crippen LogP contribution in [0.15, 0.2) is 48.5 Å². The molecule has 0 aliphatic carbocycles. The van der Waals surface area contributed by atoms with Gasteiger partial charge >= 0.3 is 0 Å². The van der Waals surface area contributed by atoms with E-state index in [9.17, 15) is 0 Å². The van der Waals surface area contributed by atoms with Crippen LogP contribution in [0.25, 0.3) is 0 Å². The highest BCUT2D eigenvalue weighted by molar-refractivity contribution is 5.43. The summed E-state index contributed by atoms with van der Waals surface area (Å²) in [7, 11) is 1.66. The smallest absolute Gasteiger partial charge is 0.161 e. The number of hydrogen-bond acceptors (Lipinski definition) is 3. The van der Waals surface area contributed by atoms with E-state index in [-0.39, 0.29) is 6.04 Å². The van der Waals surface area contributed by atoms with Crippen LogP contribution in [0.4, 0.5) is 0 Å². The highest BCUT2D eigenvalue weighted by Crippen LogP contribution is 2.28. The number of nitrogens with two attached hydrogens (primary N) is 1. The number of methoxy groups -OCH3 is 1. The molecule has 0 unspecified atom stereocenters. The summed E-state index contributed by atoms with van der Waals surface area (Å²) >= 11 is 0. The lowest BCUT2D eigenvalue weighted by Gasteiger charge is -2.13. The zero-order valence-corrected chi connectivity index (χ0v) is 12.7. The lowest BCUT2D eigenvalue weighted by molar-refractivity contribution is 0.297. The maximum absolute atomic E-state index is 5.89. The van der Waals surface area contributed by atoms with Gasteiger partial charge in [0, 0.05) is 12.5 Å². The minimum atomic E-state index is 0.135. The molecule has 2 rings (SSSR count). The number of benzene rings is 2. The summed E-state index contributed by atoms with van der Waals surface area (Å²) in [5.74, 6) is 1.54. The predicted octanol–water partition coefficient (Wildman–Crippen LogP) is 3.21. The second-order valence-electron chi connectivity index (χ2n) is 5.25. The van der Waals surface area contributed by atoms with Gasteiger partial charge in [-0.05, 0) is 36.6 Å². The van der Waals surface area contributed by atoms with Crippen LogP contribution in [-0.2, 0) is 12.8 Å². The van der Waals surface area contributed by atoms with E-state index < -0.39 is 0 Å². The molecule has 0 amide bonds. The van der Waals surface area contributed by atoms with Crippen molar-refractivity contribution in [3.63, 3.8) is 0 Å². The van der Waals surface area contributed by atoms with E-state index in [1.807, 2.05) is 43.3 Å². The Bertz CT molecular complexity index is 552. The minimum absolute atomic E-state index is 0.135. The SMILES string of the molecule is COc1ccc(C[C@@H](C)N)cc1OCCc1ccccc1. The summed E-state index contributed by atoms with van der Waals surface area (Å²) in [5, 5.41) is 0. The second kappa shape index (κ2) is 7.70. The van der Waals surface area contributed by atoms with Crippen LogP contribution in [0.1, 0.15) is 18.1 Å². The molecule has 0 spiro atoms. The van der Waals surface area contributed by atoms with Gasteiger partial charge in [-0.2, -0.15) is 0 Å². The monoisotopic (exact) mass is 285 g/mol. The van der Waals surface area contributed by atoms with Gasteiger partial charge in [-0.3, -0.25) is 0 Å². The van der Waals surface area contributed by atoms with Crippen LogP contribution in [0.2, 0.25) is 0 Å². The van der Waals surface area contributed by atoms with Crippen LogP contribution in [0.3, 0.4) is 0 Å². The van der Waals surface area contributed by atoms with Gasteiger partial charge in [-0.1, -0.05) is 36.4 Å². The zero-order valence-electron chi connectivity index (χ0n) is 12.7. The van der Waals surface area contributed by atoms with Crippen LogP contribution in [-0.4, -0.2) is 19.8 Å². The summed E-state index contributed by atoms with van der Waals surface area (Å²) in [6.45, 7) is 2.63. The third kappa shape index (κ3) is 4.80. The summed E-state index contributed by atoms with van der Waals surface area (Å²) in [6.07, 6.45) is 1.71. The summed E-state index contributed by atoms with van der Waals surface area (Å²) < 4.78 is 11.2. The fourth-order valence-electron chi connectivity index (χ4n) is 2.26. The Balaban J connectivity index is 2.00.